The molecule has 28 heavy (non-hydrogen) atoms. The zero-order valence-corrected chi connectivity index (χ0v) is 17.5. The van der Waals surface area contributed by atoms with Crippen molar-refractivity contribution in [3.8, 4) is 0 Å². The van der Waals surface area contributed by atoms with E-state index in [2.05, 4.69) is 62.1 Å². The van der Waals surface area contributed by atoms with Crippen LogP contribution in [0, 0.1) is 5.92 Å². The molecule has 2 aromatic rings. The lowest BCUT2D eigenvalue weighted by Crippen LogP contribution is -2.43. The second kappa shape index (κ2) is 9.02. The molecule has 0 radical (unpaired) electrons. The Labute approximate surface area is 169 Å². The van der Waals surface area contributed by atoms with E-state index < -0.39 is 0 Å². The Kier molecular flexibility index (Phi) is 6.69. The summed E-state index contributed by atoms with van der Waals surface area (Å²) in [6, 6.07) is 18.8. The molecule has 0 amide bonds. The summed E-state index contributed by atoms with van der Waals surface area (Å²) >= 11 is 0. The van der Waals surface area contributed by atoms with Crippen molar-refractivity contribution in [2.45, 2.75) is 51.5 Å². The van der Waals surface area contributed by atoms with E-state index in [-0.39, 0.29) is 17.4 Å². The summed E-state index contributed by atoms with van der Waals surface area (Å²) in [5.74, 6) is 0.441. The third kappa shape index (κ3) is 5.52. The van der Waals surface area contributed by atoms with Crippen LogP contribution in [0.1, 0.15) is 55.1 Å². The first-order chi connectivity index (χ1) is 13.3. The lowest BCUT2D eigenvalue weighted by atomic mass is 9.84. The summed E-state index contributed by atoms with van der Waals surface area (Å²) in [6.07, 6.45) is 2.76. The topological polar surface area (TPSA) is 46.3 Å². The average molecular weight is 379 g/mol. The molecule has 0 spiro atoms. The van der Waals surface area contributed by atoms with E-state index in [1.807, 2.05) is 18.2 Å². The van der Waals surface area contributed by atoms with Crippen molar-refractivity contribution in [1.29, 1.82) is 0 Å². The Morgan fingerprint density at radius 2 is 1.64 bits per heavy atom. The van der Waals surface area contributed by atoms with Gasteiger partial charge in [0.25, 0.3) is 0 Å². The number of hydrogen-bond donors (Lipinski definition) is 1. The first-order valence-electron chi connectivity index (χ1n) is 10.5. The Morgan fingerprint density at radius 1 is 1.04 bits per heavy atom. The van der Waals surface area contributed by atoms with E-state index in [0.29, 0.717) is 5.78 Å². The molecular weight excluding hydrogens is 344 g/mol. The summed E-state index contributed by atoms with van der Waals surface area (Å²) in [7, 11) is 0. The summed E-state index contributed by atoms with van der Waals surface area (Å²) in [5, 5.41) is 0. The normalized spacial score (nSPS) is 17.4. The number of piperidine rings is 1. The molecule has 0 saturated carbocycles. The highest BCUT2D eigenvalue weighted by molar-refractivity contribution is 5.97. The van der Waals surface area contributed by atoms with Crippen molar-refractivity contribution in [2.75, 3.05) is 19.6 Å². The van der Waals surface area contributed by atoms with E-state index in [4.69, 9.17) is 5.73 Å². The Hall–Kier alpha value is -1.97. The maximum absolute atomic E-state index is 12.9. The van der Waals surface area contributed by atoms with Crippen molar-refractivity contribution in [1.82, 2.24) is 4.90 Å². The predicted octanol–water partition coefficient (Wildman–Crippen LogP) is 4.45. The fraction of sp³-hybridized carbons (Fsp3) is 0.480. The van der Waals surface area contributed by atoms with Gasteiger partial charge in [0, 0.05) is 24.1 Å². The highest BCUT2D eigenvalue weighted by atomic mass is 16.1. The second-order valence-corrected chi connectivity index (χ2v) is 9.22. The molecular formula is C25H34N2O. The molecule has 150 valence electrons. The second-order valence-electron chi connectivity index (χ2n) is 9.22. The minimum atomic E-state index is 0.116. The number of nitrogens with two attached hydrogens (primary N) is 1. The number of carbonyl (C=O) groups excluding carboxylic acids is 1. The summed E-state index contributed by atoms with van der Waals surface area (Å²) in [4.78, 5) is 15.3. The number of hydrogen-bond acceptors (Lipinski definition) is 3. The van der Waals surface area contributed by atoms with Gasteiger partial charge < -0.3 is 10.6 Å². The Balaban J connectivity index is 1.48. The highest BCUT2D eigenvalue weighted by Crippen LogP contribution is 2.25. The minimum absolute atomic E-state index is 0.116. The third-order valence-electron chi connectivity index (χ3n) is 5.83. The molecule has 1 heterocycles. The van der Waals surface area contributed by atoms with Gasteiger partial charge in [0.1, 0.15) is 0 Å². The van der Waals surface area contributed by atoms with E-state index in [9.17, 15) is 4.79 Å². The molecule has 1 atom stereocenters. The highest BCUT2D eigenvalue weighted by Gasteiger charge is 2.26. The molecule has 3 rings (SSSR count). The van der Waals surface area contributed by atoms with E-state index >= 15 is 0 Å². The molecule has 1 saturated heterocycles. The fourth-order valence-electron chi connectivity index (χ4n) is 4.06. The van der Waals surface area contributed by atoms with Gasteiger partial charge in [-0.2, -0.15) is 0 Å². The molecule has 0 bridgehead atoms. The molecule has 1 aliphatic rings. The summed E-state index contributed by atoms with van der Waals surface area (Å²) < 4.78 is 0. The van der Waals surface area contributed by atoms with Gasteiger partial charge in [-0.3, -0.25) is 4.79 Å². The Bertz CT molecular complexity index is 753. The van der Waals surface area contributed by atoms with Crippen molar-refractivity contribution in [3.05, 3.63) is 71.3 Å². The number of Topliss-reactive ketones (excluding diaryl/α,β-unsaturated/α-hetero) is 1. The first-order valence-corrected chi connectivity index (χ1v) is 10.5. The maximum atomic E-state index is 12.9. The standard InChI is InChI=1S/C25H34N2O/c1-25(2,3)22-11-9-20(10-12-22)24(28)21-13-15-27(16-14-21)18-23(26)17-19-7-5-4-6-8-19/h4-12,21,23H,13-18,26H2,1-3H3. The number of benzene rings is 2. The van der Waals surface area contributed by atoms with Crippen LogP contribution in [0.2, 0.25) is 0 Å². The largest absolute Gasteiger partial charge is 0.326 e. The monoisotopic (exact) mass is 378 g/mol. The van der Waals surface area contributed by atoms with Gasteiger partial charge in [0.05, 0.1) is 0 Å². The van der Waals surface area contributed by atoms with Gasteiger partial charge in [-0.1, -0.05) is 75.4 Å². The van der Waals surface area contributed by atoms with Crippen molar-refractivity contribution >= 4 is 5.78 Å². The lowest BCUT2D eigenvalue weighted by Gasteiger charge is -2.33. The number of ketones is 1. The third-order valence-corrected chi connectivity index (χ3v) is 5.83. The van der Waals surface area contributed by atoms with Gasteiger partial charge in [-0.05, 0) is 48.9 Å². The number of rotatable bonds is 6. The molecule has 2 aromatic carbocycles. The van der Waals surface area contributed by atoms with Crippen molar-refractivity contribution in [2.24, 2.45) is 11.7 Å². The van der Waals surface area contributed by atoms with E-state index in [0.717, 1.165) is 44.5 Å². The van der Waals surface area contributed by atoms with Gasteiger partial charge >= 0.3 is 0 Å². The van der Waals surface area contributed by atoms with E-state index in [1.54, 1.807) is 0 Å². The molecule has 1 fully saturated rings. The van der Waals surface area contributed by atoms with Crippen LogP contribution in [0.5, 0.6) is 0 Å². The van der Waals surface area contributed by atoms with Crippen LogP contribution in [-0.2, 0) is 11.8 Å². The van der Waals surface area contributed by atoms with Crippen LogP contribution in [0.3, 0.4) is 0 Å². The van der Waals surface area contributed by atoms with Crippen molar-refractivity contribution in [3.63, 3.8) is 0 Å². The summed E-state index contributed by atoms with van der Waals surface area (Å²) in [5.41, 5.74) is 9.89. The fourth-order valence-corrected chi connectivity index (χ4v) is 4.06. The predicted molar refractivity (Wildman–Crippen MR) is 117 cm³/mol. The number of nitrogens with zero attached hydrogens (tertiary/aromatic N) is 1. The number of likely N-dealkylation sites (tertiary alicyclic amines) is 1. The van der Waals surface area contributed by atoms with Gasteiger partial charge in [-0.15, -0.1) is 0 Å². The van der Waals surface area contributed by atoms with Crippen molar-refractivity contribution < 1.29 is 4.79 Å². The Morgan fingerprint density at radius 3 is 2.21 bits per heavy atom. The van der Waals surface area contributed by atoms with E-state index in [1.165, 1.54) is 11.1 Å². The number of carbonyl (C=O) groups is 1. The van der Waals surface area contributed by atoms with Crippen LogP contribution >= 0.6 is 0 Å². The van der Waals surface area contributed by atoms with Gasteiger partial charge in [0.15, 0.2) is 5.78 Å². The molecule has 1 aliphatic heterocycles. The molecule has 0 aromatic heterocycles. The lowest BCUT2D eigenvalue weighted by molar-refractivity contribution is 0.0836. The zero-order valence-electron chi connectivity index (χ0n) is 17.5. The van der Waals surface area contributed by atoms with Crippen LogP contribution < -0.4 is 5.73 Å². The first kappa shape index (κ1) is 20.8. The quantitative estimate of drug-likeness (QED) is 0.756. The molecule has 0 aliphatic carbocycles. The average Bonchev–Trinajstić information content (AvgIpc) is 2.68. The molecule has 2 N–H and O–H groups in total. The van der Waals surface area contributed by atoms with Crippen LogP contribution in [-0.4, -0.2) is 36.4 Å². The van der Waals surface area contributed by atoms with Gasteiger partial charge in [-0.25, -0.2) is 0 Å². The van der Waals surface area contributed by atoms with Crippen LogP contribution in [0.4, 0.5) is 0 Å². The minimum Gasteiger partial charge on any atom is -0.326 e. The maximum Gasteiger partial charge on any atom is 0.166 e. The smallest absolute Gasteiger partial charge is 0.166 e. The van der Waals surface area contributed by atoms with Crippen LogP contribution in [0.25, 0.3) is 0 Å². The summed E-state index contributed by atoms with van der Waals surface area (Å²) in [6.45, 7) is 9.40. The molecule has 3 heteroatoms. The van der Waals surface area contributed by atoms with Gasteiger partial charge in [0.2, 0.25) is 0 Å². The SMILES string of the molecule is CC(C)(C)c1ccc(C(=O)C2CCN(CC(N)Cc3ccccc3)CC2)cc1. The molecule has 1 unspecified atom stereocenters. The zero-order chi connectivity index (χ0) is 20.1. The molecule has 3 nitrogen and oxygen atoms in total. The van der Waals surface area contributed by atoms with Crippen LogP contribution in [0.15, 0.2) is 54.6 Å².